The van der Waals surface area contributed by atoms with E-state index in [-0.39, 0.29) is 11.8 Å². The van der Waals surface area contributed by atoms with Crippen molar-refractivity contribution in [3.8, 4) is 11.5 Å². The van der Waals surface area contributed by atoms with Crippen LogP contribution in [-0.4, -0.2) is 25.0 Å². The van der Waals surface area contributed by atoms with Crippen molar-refractivity contribution in [3.63, 3.8) is 0 Å². The first-order valence-electron chi connectivity index (χ1n) is 6.04. The average molecular weight is 292 g/mol. The van der Waals surface area contributed by atoms with Crippen LogP contribution in [0.1, 0.15) is 34.0 Å². The number of hydrogen-bond donors (Lipinski definition) is 1. The summed E-state index contributed by atoms with van der Waals surface area (Å²) in [5.41, 5.74) is 6.59. The predicted octanol–water partition coefficient (Wildman–Crippen LogP) is 2.41. The summed E-state index contributed by atoms with van der Waals surface area (Å²) in [5.74, 6) is 0.908. The third kappa shape index (κ3) is 2.81. The number of benzene rings is 1. The molecular formula is C14H16N2O3S. The van der Waals surface area contributed by atoms with Crippen LogP contribution >= 0.6 is 11.3 Å². The Morgan fingerprint density at radius 2 is 2.10 bits per heavy atom. The second-order valence-corrected chi connectivity index (χ2v) is 5.14. The van der Waals surface area contributed by atoms with Gasteiger partial charge in [-0.05, 0) is 19.1 Å². The zero-order valence-electron chi connectivity index (χ0n) is 11.5. The fourth-order valence-corrected chi connectivity index (χ4v) is 2.48. The number of carbonyl (C=O) groups excluding carboxylic acids is 1. The first-order chi connectivity index (χ1) is 9.56. The standard InChI is InChI=1S/C14H16N2O3S/c1-8(15)14-16-11(7-20-14)13(17)10-5-4-9(18-2)6-12(10)19-3/h4-8H,15H2,1-3H3. The normalized spacial score (nSPS) is 12.0. The van der Waals surface area contributed by atoms with Crippen LogP contribution in [0.5, 0.6) is 11.5 Å². The molecule has 5 nitrogen and oxygen atoms in total. The average Bonchev–Trinajstić information content (AvgIpc) is 2.95. The molecule has 2 aromatic rings. The number of methoxy groups -OCH3 is 2. The second kappa shape index (κ2) is 6.02. The van der Waals surface area contributed by atoms with E-state index >= 15 is 0 Å². The van der Waals surface area contributed by atoms with Crippen LogP contribution in [0.15, 0.2) is 23.6 Å². The Morgan fingerprint density at radius 3 is 2.65 bits per heavy atom. The summed E-state index contributed by atoms with van der Waals surface area (Å²) in [6.07, 6.45) is 0. The van der Waals surface area contributed by atoms with Crippen molar-refractivity contribution in [2.45, 2.75) is 13.0 Å². The minimum absolute atomic E-state index is 0.181. The first kappa shape index (κ1) is 14.5. The van der Waals surface area contributed by atoms with Crippen LogP contribution in [0.3, 0.4) is 0 Å². The van der Waals surface area contributed by atoms with Crippen molar-refractivity contribution in [1.82, 2.24) is 4.98 Å². The molecule has 0 saturated carbocycles. The van der Waals surface area contributed by atoms with Crippen LogP contribution < -0.4 is 15.2 Å². The molecule has 0 amide bonds. The fraction of sp³-hybridized carbons (Fsp3) is 0.286. The molecule has 1 heterocycles. The number of ketones is 1. The molecule has 106 valence electrons. The van der Waals surface area contributed by atoms with Gasteiger partial charge in [-0.3, -0.25) is 4.79 Å². The monoisotopic (exact) mass is 292 g/mol. The lowest BCUT2D eigenvalue weighted by atomic mass is 10.1. The highest BCUT2D eigenvalue weighted by Crippen LogP contribution is 2.27. The Balaban J connectivity index is 2.37. The number of nitrogens with zero attached hydrogens (tertiary/aromatic N) is 1. The minimum atomic E-state index is -0.187. The third-order valence-electron chi connectivity index (χ3n) is 2.80. The quantitative estimate of drug-likeness (QED) is 0.857. The van der Waals surface area contributed by atoms with E-state index in [9.17, 15) is 4.79 Å². The summed E-state index contributed by atoms with van der Waals surface area (Å²) in [6.45, 7) is 1.83. The zero-order chi connectivity index (χ0) is 14.7. The van der Waals surface area contributed by atoms with E-state index in [1.54, 1.807) is 30.7 Å². The van der Waals surface area contributed by atoms with Gasteiger partial charge in [0.05, 0.1) is 25.8 Å². The van der Waals surface area contributed by atoms with Gasteiger partial charge in [0.25, 0.3) is 0 Å². The number of ether oxygens (including phenoxy) is 2. The maximum absolute atomic E-state index is 12.4. The second-order valence-electron chi connectivity index (χ2n) is 4.25. The Morgan fingerprint density at radius 1 is 1.35 bits per heavy atom. The first-order valence-corrected chi connectivity index (χ1v) is 6.92. The highest BCUT2D eigenvalue weighted by atomic mass is 32.1. The Hall–Kier alpha value is -1.92. The van der Waals surface area contributed by atoms with E-state index in [1.807, 2.05) is 6.92 Å². The number of thiazole rings is 1. The van der Waals surface area contributed by atoms with Crippen LogP contribution in [0.2, 0.25) is 0 Å². The highest BCUT2D eigenvalue weighted by Gasteiger charge is 2.19. The van der Waals surface area contributed by atoms with Gasteiger partial charge >= 0.3 is 0 Å². The lowest BCUT2D eigenvalue weighted by Gasteiger charge is -2.08. The molecular weight excluding hydrogens is 276 g/mol. The van der Waals surface area contributed by atoms with Crippen molar-refractivity contribution in [2.75, 3.05) is 14.2 Å². The lowest BCUT2D eigenvalue weighted by Crippen LogP contribution is -2.07. The fourth-order valence-electron chi connectivity index (χ4n) is 1.73. The van der Waals surface area contributed by atoms with Gasteiger partial charge in [0, 0.05) is 11.4 Å². The number of carbonyl (C=O) groups is 1. The largest absolute Gasteiger partial charge is 0.497 e. The lowest BCUT2D eigenvalue weighted by molar-refractivity contribution is 0.103. The Bertz CT molecular complexity index is 623. The van der Waals surface area contributed by atoms with Crippen LogP contribution in [-0.2, 0) is 0 Å². The molecule has 1 aromatic carbocycles. The summed E-state index contributed by atoms with van der Waals surface area (Å²) in [4.78, 5) is 16.7. The molecule has 2 N–H and O–H groups in total. The minimum Gasteiger partial charge on any atom is -0.497 e. The molecule has 0 aliphatic rings. The van der Waals surface area contributed by atoms with Gasteiger partial charge in [0.15, 0.2) is 0 Å². The molecule has 0 spiro atoms. The van der Waals surface area contributed by atoms with Gasteiger partial charge in [-0.2, -0.15) is 0 Å². The van der Waals surface area contributed by atoms with Crippen LogP contribution in [0.4, 0.5) is 0 Å². The van der Waals surface area contributed by atoms with Crippen molar-refractivity contribution < 1.29 is 14.3 Å². The molecule has 1 atom stereocenters. The van der Waals surface area contributed by atoms with Crippen molar-refractivity contribution in [3.05, 3.63) is 39.8 Å². The molecule has 20 heavy (non-hydrogen) atoms. The molecule has 1 aromatic heterocycles. The Labute approximate surface area is 121 Å². The van der Waals surface area contributed by atoms with E-state index in [4.69, 9.17) is 15.2 Å². The summed E-state index contributed by atoms with van der Waals surface area (Å²) >= 11 is 1.38. The number of rotatable bonds is 5. The highest BCUT2D eigenvalue weighted by molar-refractivity contribution is 7.09. The molecule has 2 rings (SSSR count). The summed E-state index contributed by atoms with van der Waals surface area (Å²) in [5, 5.41) is 2.45. The maximum atomic E-state index is 12.4. The molecule has 1 unspecified atom stereocenters. The summed E-state index contributed by atoms with van der Waals surface area (Å²) in [6, 6.07) is 4.88. The van der Waals surface area contributed by atoms with E-state index in [2.05, 4.69) is 4.98 Å². The van der Waals surface area contributed by atoms with Gasteiger partial charge in [0.2, 0.25) is 5.78 Å². The van der Waals surface area contributed by atoms with E-state index in [0.29, 0.717) is 22.8 Å². The molecule has 0 fully saturated rings. The summed E-state index contributed by atoms with van der Waals surface area (Å²) in [7, 11) is 3.07. The number of hydrogen-bond acceptors (Lipinski definition) is 6. The SMILES string of the molecule is COc1ccc(C(=O)c2csc(C(C)N)n2)c(OC)c1. The van der Waals surface area contributed by atoms with E-state index < -0.39 is 0 Å². The molecule has 0 aliphatic carbocycles. The topological polar surface area (TPSA) is 74.4 Å². The zero-order valence-corrected chi connectivity index (χ0v) is 12.4. The molecule has 6 heteroatoms. The van der Waals surface area contributed by atoms with Gasteiger partial charge < -0.3 is 15.2 Å². The van der Waals surface area contributed by atoms with Crippen molar-refractivity contribution in [1.29, 1.82) is 0 Å². The molecule has 0 radical (unpaired) electrons. The van der Waals surface area contributed by atoms with Gasteiger partial charge in [-0.15, -0.1) is 11.3 Å². The predicted molar refractivity (Wildman–Crippen MR) is 77.7 cm³/mol. The molecule has 0 bridgehead atoms. The van der Waals surface area contributed by atoms with Crippen molar-refractivity contribution >= 4 is 17.1 Å². The number of aromatic nitrogens is 1. The van der Waals surface area contributed by atoms with Gasteiger partial charge in [-0.1, -0.05) is 0 Å². The molecule has 0 aliphatic heterocycles. The van der Waals surface area contributed by atoms with Gasteiger partial charge in [-0.25, -0.2) is 4.98 Å². The van der Waals surface area contributed by atoms with Crippen LogP contribution in [0.25, 0.3) is 0 Å². The summed E-state index contributed by atoms with van der Waals surface area (Å²) < 4.78 is 10.3. The van der Waals surface area contributed by atoms with E-state index in [1.165, 1.54) is 18.4 Å². The number of nitrogens with two attached hydrogens (primary N) is 1. The van der Waals surface area contributed by atoms with Crippen molar-refractivity contribution in [2.24, 2.45) is 5.73 Å². The Kier molecular flexibility index (Phi) is 4.36. The molecule has 0 saturated heterocycles. The van der Waals surface area contributed by atoms with Crippen LogP contribution in [0, 0.1) is 0 Å². The third-order valence-corrected chi connectivity index (χ3v) is 3.84. The smallest absolute Gasteiger partial charge is 0.215 e. The van der Waals surface area contributed by atoms with E-state index in [0.717, 1.165) is 5.01 Å². The van der Waals surface area contributed by atoms with Gasteiger partial charge in [0.1, 0.15) is 22.2 Å². The maximum Gasteiger partial charge on any atom is 0.215 e.